The zero-order chi connectivity index (χ0) is 16.9. The molecule has 1 aliphatic heterocycles. The summed E-state index contributed by atoms with van der Waals surface area (Å²) in [5.74, 6) is 1.20. The smallest absolute Gasteiger partial charge is 0.251 e. The van der Waals surface area contributed by atoms with Crippen molar-refractivity contribution < 1.29 is 4.79 Å². The van der Waals surface area contributed by atoms with E-state index < -0.39 is 0 Å². The summed E-state index contributed by atoms with van der Waals surface area (Å²) in [5, 5.41) is 0.513. The molecule has 0 saturated heterocycles. The molecular formula is C17H19N3O2S2. The van der Waals surface area contributed by atoms with Crippen molar-refractivity contribution >= 4 is 35.1 Å². The number of carbonyl (C=O) groups is 1. The lowest BCUT2D eigenvalue weighted by atomic mass is 10.2. The molecule has 3 rings (SSSR count). The summed E-state index contributed by atoms with van der Waals surface area (Å²) in [6, 6.07) is 9.48. The molecule has 0 radical (unpaired) electrons. The maximum atomic E-state index is 12.6. The Morgan fingerprint density at radius 3 is 3.08 bits per heavy atom. The third-order valence-corrected chi connectivity index (χ3v) is 5.54. The number of hydrogen-bond donors (Lipinski definition) is 1. The first kappa shape index (κ1) is 17.1. The number of aromatic nitrogens is 2. The number of fused-ring (bicyclic) bond motifs is 1. The van der Waals surface area contributed by atoms with Gasteiger partial charge in [-0.05, 0) is 18.6 Å². The Kier molecular flexibility index (Phi) is 5.63. The molecule has 24 heavy (non-hydrogen) atoms. The number of rotatable bonds is 5. The molecule has 0 aliphatic carbocycles. The van der Waals surface area contributed by atoms with Gasteiger partial charge in [0.15, 0.2) is 5.16 Å². The minimum absolute atomic E-state index is 0.0382. The van der Waals surface area contributed by atoms with E-state index in [1.165, 1.54) is 17.8 Å². The molecule has 0 bridgehead atoms. The van der Waals surface area contributed by atoms with E-state index >= 15 is 0 Å². The average molecular weight is 361 g/mol. The minimum atomic E-state index is -0.164. The maximum Gasteiger partial charge on any atom is 0.251 e. The lowest BCUT2D eigenvalue weighted by molar-refractivity contribution is -0.116. The number of benzene rings is 1. The van der Waals surface area contributed by atoms with Gasteiger partial charge in [-0.25, -0.2) is 4.98 Å². The number of carbonyl (C=O) groups excluding carboxylic acids is 1. The summed E-state index contributed by atoms with van der Waals surface area (Å²) >= 11 is 3.06. The van der Waals surface area contributed by atoms with Crippen LogP contribution < -0.4 is 10.5 Å². The lowest BCUT2D eigenvalue weighted by Crippen LogP contribution is -2.36. The van der Waals surface area contributed by atoms with Crippen molar-refractivity contribution in [3.8, 4) is 0 Å². The van der Waals surface area contributed by atoms with Crippen molar-refractivity contribution in [2.75, 3.05) is 23.0 Å². The van der Waals surface area contributed by atoms with Crippen LogP contribution in [0.2, 0.25) is 0 Å². The molecule has 0 unspecified atom stereocenters. The zero-order valence-corrected chi connectivity index (χ0v) is 15.1. The van der Waals surface area contributed by atoms with Crippen LogP contribution in [0.1, 0.15) is 19.0 Å². The second-order valence-electron chi connectivity index (χ2n) is 5.44. The van der Waals surface area contributed by atoms with Crippen LogP contribution in [0.25, 0.3) is 0 Å². The molecule has 1 aromatic heterocycles. The summed E-state index contributed by atoms with van der Waals surface area (Å²) in [7, 11) is 0. The van der Waals surface area contributed by atoms with Crippen LogP contribution in [-0.4, -0.2) is 33.9 Å². The topological polar surface area (TPSA) is 66.1 Å². The fourth-order valence-electron chi connectivity index (χ4n) is 2.57. The van der Waals surface area contributed by atoms with Gasteiger partial charge in [-0.1, -0.05) is 37.2 Å². The number of amides is 1. The molecule has 2 aromatic rings. The second kappa shape index (κ2) is 7.90. The van der Waals surface area contributed by atoms with Gasteiger partial charge in [0.05, 0.1) is 11.4 Å². The quantitative estimate of drug-likeness (QED) is 0.655. The Hall–Kier alpha value is -1.73. The van der Waals surface area contributed by atoms with Crippen molar-refractivity contribution in [2.45, 2.75) is 29.8 Å². The highest BCUT2D eigenvalue weighted by atomic mass is 32.2. The average Bonchev–Trinajstić information content (AvgIpc) is 2.59. The van der Waals surface area contributed by atoms with Crippen LogP contribution in [0, 0.1) is 0 Å². The summed E-state index contributed by atoms with van der Waals surface area (Å²) in [6.07, 6.45) is 1.70. The van der Waals surface area contributed by atoms with E-state index in [2.05, 4.69) is 9.97 Å². The molecule has 0 atom stereocenters. The van der Waals surface area contributed by atoms with Crippen LogP contribution in [0.3, 0.4) is 0 Å². The van der Waals surface area contributed by atoms with Gasteiger partial charge in [0, 0.05) is 29.0 Å². The first-order valence-electron chi connectivity index (χ1n) is 7.92. The molecule has 0 spiro atoms. The van der Waals surface area contributed by atoms with Crippen molar-refractivity contribution in [3.05, 3.63) is 46.4 Å². The van der Waals surface area contributed by atoms with E-state index in [0.717, 1.165) is 34.9 Å². The molecule has 5 nitrogen and oxygen atoms in total. The third-order valence-electron chi connectivity index (χ3n) is 3.64. The Morgan fingerprint density at radius 2 is 2.25 bits per heavy atom. The SMILES string of the molecule is CCCc1cc(=O)[nH]c(SCC(=O)N2CCSc3ccccc32)n1. The Labute approximate surface area is 149 Å². The van der Waals surface area contributed by atoms with Crippen LogP contribution in [0.15, 0.2) is 45.2 Å². The highest BCUT2D eigenvalue weighted by Gasteiger charge is 2.22. The van der Waals surface area contributed by atoms with Gasteiger partial charge in [-0.15, -0.1) is 11.8 Å². The number of thioether (sulfide) groups is 2. The van der Waals surface area contributed by atoms with Crippen LogP contribution in [-0.2, 0) is 11.2 Å². The lowest BCUT2D eigenvalue weighted by Gasteiger charge is -2.28. The maximum absolute atomic E-state index is 12.6. The fourth-order valence-corrected chi connectivity index (χ4v) is 4.34. The van der Waals surface area contributed by atoms with E-state index in [-0.39, 0.29) is 17.2 Å². The highest BCUT2D eigenvalue weighted by molar-refractivity contribution is 8.00. The normalized spacial score (nSPS) is 13.6. The highest BCUT2D eigenvalue weighted by Crippen LogP contribution is 2.34. The fraction of sp³-hybridized carbons (Fsp3) is 0.353. The van der Waals surface area contributed by atoms with Crippen molar-refractivity contribution in [2.24, 2.45) is 0 Å². The van der Waals surface area contributed by atoms with E-state index in [4.69, 9.17) is 0 Å². The number of aromatic amines is 1. The van der Waals surface area contributed by atoms with Gasteiger partial charge >= 0.3 is 0 Å². The number of para-hydroxylation sites is 1. The number of nitrogens with one attached hydrogen (secondary N) is 1. The molecule has 1 aromatic carbocycles. The van der Waals surface area contributed by atoms with Gasteiger partial charge in [0.25, 0.3) is 5.56 Å². The van der Waals surface area contributed by atoms with Crippen molar-refractivity contribution in [3.63, 3.8) is 0 Å². The first-order chi connectivity index (χ1) is 11.7. The van der Waals surface area contributed by atoms with Gasteiger partial charge in [-0.3, -0.25) is 9.59 Å². The molecular weight excluding hydrogens is 342 g/mol. The number of hydrogen-bond acceptors (Lipinski definition) is 5. The Morgan fingerprint density at radius 1 is 1.42 bits per heavy atom. The summed E-state index contributed by atoms with van der Waals surface area (Å²) in [4.78, 5) is 34.4. The van der Waals surface area contributed by atoms with Crippen LogP contribution in [0.5, 0.6) is 0 Å². The number of H-pyrrole nitrogens is 1. The molecule has 7 heteroatoms. The molecule has 126 valence electrons. The standard InChI is InChI=1S/C17H19N3O2S2/c1-2-5-12-10-15(21)19-17(18-12)24-11-16(22)20-8-9-23-14-7-4-3-6-13(14)20/h3-4,6-7,10H,2,5,8-9,11H2,1H3,(H,18,19,21). The Balaban J connectivity index is 1.69. The van der Waals surface area contributed by atoms with Crippen molar-refractivity contribution in [1.29, 1.82) is 0 Å². The van der Waals surface area contributed by atoms with E-state index in [9.17, 15) is 9.59 Å². The molecule has 1 N–H and O–H groups in total. The monoisotopic (exact) mass is 361 g/mol. The molecule has 1 aliphatic rings. The summed E-state index contributed by atoms with van der Waals surface area (Å²) in [5.41, 5.74) is 1.58. The number of aryl methyl sites for hydroxylation is 1. The van der Waals surface area contributed by atoms with E-state index in [1.54, 1.807) is 11.8 Å². The van der Waals surface area contributed by atoms with Gasteiger partial charge < -0.3 is 9.88 Å². The molecule has 0 fully saturated rings. The summed E-state index contributed by atoms with van der Waals surface area (Å²) in [6.45, 7) is 2.76. The second-order valence-corrected chi connectivity index (χ2v) is 7.54. The number of anilines is 1. The molecule has 1 amide bonds. The summed E-state index contributed by atoms with van der Waals surface area (Å²) < 4.78 is 0. The molecule has 2 heterocycles. The predicted octanol–water partition coefficient (Wildman–Crippen LogP) is 2.95. The minimum Gasteiger partial charge on any atom is -0.310 e. The van der Waals surface area contributed by atoms with Gasteiger partial charge in [0.1, 0.15) is 0 Å². The first-order valence-corrected chi connectivity index (χ1v) is 9.89. The van der Waals surface area contributed by atoms with Gasteiger partial charge in [0.2, 0.25) is 5.91 Å². The van der Waals surface area contributed by atoms with Crippen LogP contribution in [0.4, 0.5) is 5.69 Å². The molecule has 0 saturated carbocycles. The zero-order valence-electron chi connectivity index (χ0n) is 13.4. The van der Waals surface area contributed by atoms with Crippen molar-refractivity contribution in [1.82, 2.24) is 9.97 Å². The third kappa shape index (κ3) is 4.02. The largest absolute Gasteiger partial charge is 0.310 e. The Bertz CT molecular complexity index is 791. The van der Waals surface area contributed by atoms with E-state index in [0.29, 0.717) is 11.7 Å². The predicted molar refractivity (Wildman–Crippen MR) is 99.1 cm³/mol. The number of nitrogens with zero attached hydrogens (tertiary/aromatic N) is 2. The van der Waals surface area contributed by atoms with Gasteiger partial charge in [-0.2, -0.15) is 0 Å². The van der Waals surface area contributed by atoms with E-state index in [1.807, 2.05) is 36.1 Å². The van der Waals surface area contributed by atoms with Crippen LogP contribution >= 0.6 is 23.5 Å².